The number of carbonyl (C=O) groups is 1. The number of nitrogens with one attached hydrogen (secondary N) is 1. The molecule has 0 radical (unpaired) electrons. The molecule has 2 N–H and O–H groups in total. The van der Waals surface area contributed by atoms with Crippen molar-refractivity contribution in [2.75, 3.05) is 47.2 Å². The summed E-state index contributed by atoms with van der Waals surface area (Å²) in [5, 5.41) is 12.6. The lowest BCUT2D eigenvalue weighted by atomic mass is 9.74. The van der Waals surface area contributed by atoms with Crippen LogP contribution in [0.4, 0.5) is 13.2 Å². The third-order valence-electron chi connectivity index (χ3n) is 8.82. The van der Waals surface area contributed by atoms with E-state index in [0.29, 0.717) is 57.1 Å². The van der Waals surface area contributed by atoms with Crippen LogP contribution in [0.5, 0.6) is 0 Å². The summed E-state index contributed by atoms with van der Waals surface area (Å²) in [7, 11) is 3.25. The van der Waals surface area contributed by atoms with Crippen molar-refractivity contribution in [2.24, 2.45) is 11.3 Å². The number of carbonyl (C=O) groups excluding carboxylic acids is 1. The largest absolute Gasteiger partial charge is 0.417 e. The van der Waals surface area contributed by atoms with Crippen LogP contribution in [0.1, 0.15) is 49.9 Å². The molecule has 3 fully saturated rings. The maximum Gasteiger partial charge on any atom is 0.417 e. The van der Waals surface area contributed by atoms with Gasteiger partial charge in [0.05, 0.1) is 49.6 Å². The van der Waals surface area contributed by atoms with Crippen LogP contribution >= 0.6 is 0 Å². The van der Waals surface area contributed by atoms with E-state index in [1.807, 2.05) is 0 Å². The molecule has 4 unspecified atom stereocenters. The first-order valence-corrected chi connectivity index (χ1v) is 14.0. The lowest BCUT2D eigenvalue weighted by molar-refractivity contribution is -0.146. The SMILES string of the molecule is COC1COCC1N[C@@H]1CC[C@@](C(=O)N2CCc3ncc(C(F)(F)F)cc3C2)(C(C)C)C1.COC1COCC1O. The quantitative estimate of drug-likeness (QED) is 0.536. The first-order chi connectivity index (χ1) is 19.0. The van der Waals surface area contributed by atoms with E-state index < -0.39 is 23.3 Å². The second-order valence-corrected chi connectivity index (χ2v) is 11.5. The summed E-state index contributed by atoms with van der Waals surface area (Å²) in [5.41, 5.74) is -0.136. The number of fused-ring (bicyclic) bond motifs is 1. The van der Waals surface area contributed by atoms with Crippen molar-refractivity contribution >= 4 is 5.91 Å². The molecule has 40 heavy (non-hydrogen) atoms. The molecule has 4 heterocycles. The second-order valence-electron chi connectivity index (χ2n) is 11.5. The molecule has 1 aromatic rings. The number of aliphatic hydroxyl groups excluding tert-OH is 1. The van der Waals surface area contributed by atoms with Crippen molar-refractivity contribution in [3.63, 3.8) is 0 Å². The zero-order valence-corrected chi connectivity index (χ0v) is 23.7. The van der Waals surface area contributed by atoms with Crippen LogP contribution in [0.3, 0.4) is 0 Å². The zero-order valence-electron chi connectivity index (χ0n) is 23.7. The number of rotatable bonds is 6. The van der Waals surface area contributed by atoms with Crippen LogP contribution in [-0.4, -0.2) is 98.5 Å². The first kappa shape index (κ1) is 31.1. The average molecular weight is 574 g/mol. The monoisotopic (exact) mass is 573 g/mol. The highest BCUT2D eigenvalue weighted by Crippen LogP contribution is 2.47. The van der Waals surface area contributed by atoms with Crippen molar-refractivity contribution in [1.82, 2.24) is 15.2 Å². The van der Waals surface area contributed by atoms with Gasteiger partial charge in [-0.25, -0.2) is 0 Å². The molecule has 5 rings (SSSR count). The van der Waals surface area contributed by atoms with Gasteiger partial charge in [-0.1, -0.05) is 13.8 Å². The molecule has 9 nitrogen and oxygen atoms in total. The van der Waals surface area contributed by atoms with Gasteiger partial charge in [0.25, 0.3) is 0 Å². The zero-order chi connectivity index (χ0) is 29.1. The third kappa shape index (κ3) is 6.79. The fourth-order valence-electron chi connectivity index (χ4n) is 6.23. The van der Waals surface area contributed by atoms with Crippen molar-refractivity contribution in [2.45, 2.75) is 82.6 Å². The molecule has 1 amide bonds. The number of hydrogen-bond acceptors (Lipinski definition) is 8. The smallest absolute Gasteiger partial charge is 0.388 e. The van der Waals surface area contributed by atoms with Gasteiger partial charge in [-0.3, -0.25) is 9.78 Å². The number of amides is 1. The number of alkyl halides is 3. The Morgan fingerprint density at radius 2 is 1.88 bits per heavy atom. The fourth-order valence-corrected chi connectivity index (χ4v) is 6.23. The summed E-state index contributed by atoms with van der Waals surface area (Å²) in [4.78, 5) is 19.5. The predicted octanol–water partition coefficient (Wildman–Crippen LogP) is 2.58. The number of aliphatic hydroxyl groups is 1. The molecule has 0 aromatic carbocycles. The van der Waals surface area contributed by atoms with E-state index in [2.05, 4.69) is 24.1 Å². The maximum atomic E-state index is 13.8. The van der Waals surface area contributed by atoms with E-state index in [1.165, 1.54) is 0 Å². The summed E-state index contributed by atoms with van der Waals surface area (Å²) in [5.74, 6) is 0.173. The highest BCUT2D eigenvalue weighted by atomic mass is 19.4. The molecule has 1 aliphatic carbocycles. The molecule has 4 aliphatic rings. The molecule has 6 atom stereocenters. The second kappa shape index (κ2) is 13.0. The van der Waals surface area contributed by atoms with Crippen molar-refractivity contribution < 1.29 is 42.0 Å². The molecule has 12 heteroatoms. The number of ether oxygens (including phenoxy) is 4. The van der Waals surface area contributed by atoms with Gasteiger partial charge in [0.2, 0.25) is 5.91 Å². The van der Waals surface area contributed by atoms with Gasteiger partial charge in [0.1, 0.15) is 12.2 Å². The Morgan fingerprint density at radius 1 is 1.18 bits per heavy atom. The topological polar surface area (TPSA) is 102 Å². The lowest BCUT2D eigenvalue weighted by Crippen LogP contribution is -2.49. The highest BCUT2D eigenvalue weighted by molar-refractivity contribution is 5.83. The van der Waals surface area contributed by atoms with Gasteiger partial charge in [0.15, 0.2) is 0 Å². The number of hydrogen-bond donors (Lipinski definition) is 2. The predicted molar refractivity (Wildman–Crippen MR) is 139 cm³/mol. The molecule has 226 valence electrons. The Balaban J connectivity index is 0.000000398. The maximum absolute atomic E-state index is 13.8. The van der Waals surface area contributed by atoms with Gasteiger partial charge in [-0.15, -0.1) is 0 Å². The summed E-state index contributed by atoms with van der Waals surface area (Å²) in [6.07, 6.45) is -1.24. The van der Waals surface area contributed by atoms with Gasteiger partial charge in [0, 0.05) is 51.7 Å². The summed E-state index contributed by atoms with van der Waals surface area (Å²) in [6.45, 7) is 6.90. The number of aromatic nitrogens is 1. The average Bonchev–Trinajstić information content (AvgIpc) is 3.67. The van der Waals surface area contributed by atoms with Gasteiger partial charge in [-0.05, 0) is 36.8 Å². The van der Waals surface area contributed by atoms with Crippen LogP contribution in [0.25, 0.3) is 0 Å². The number of pyridine rings is 1. The number of nitrogens with zero attached hydrogens (tertiary/aromatic N) is 2. The molecule has 1 saturated carbocycles. The Kier molecular flexibility index (Phi) is 10.1. The minimum atomic E-state index is -4.44. The van der Waals surface area contributed by atoms with Gasteiger partial charge in [-0.2, -0.15) is 13.2 Å². The van der Waals surface area contributed by atoms with Crippen LogP contribution < -0.4 is 5.32 Å². The molecule has 3 aliphatic heterocycles. The molecule has 2 saturated heterocycles. The molecule has 0 spiro atoms. The lowest BCUT2D eigenvalue weighted by Gasteiger charge is -2.39. The van der Waals surface area contributed by atoms with Gasteiger partial charge >= 0.3 is 6.18 Å². The molecular weight excluding hydrogens is 531 g/mol. The standard InChI is InChI=1S/C23H32F3N3O3.C5H10O3/c1-14(2)22(6-4-17(9-22)28-19-12-32-13-20(19)31-3)21(30)29-7-5-18-15(11-29)8-16(10-27-18)23(24,25)26;1-7-5-3-8-2-4(5)6/h8,10,14,17,19-20,28H,4-7,9,11-13H2,1-3H3;4-6H,2-3H2,1H3/t17-,19?,20?,22+;/m1./s1. The molecule has 0 bridgehead atoms. The van der Waals surface area contributed by atoms with Crippen molar-refractivity contribution in [1.29, 1.82) is 0 Å². The Bertz CT molecular complexity index is 1010. The van der Waals surface area contributed by atoms with Crippen molar-refractivity contribution in [3.8, 4) is 0 Å². The number of halogens is 3. The van der Waals surface area contributed by atoms with E-state index in [-0.39, 0.29) is 42.7 Å². The normalized spacial score (nSPS) is 32.2. The van der Waals surface area contributed by atoms with E-state index in [1.54, 1.807) is 19.1 Å². The Labute approximate surface area is 233 Å². The van der Waals surface area contributed by atoms with E-state index in [9.17, 15) is 18.0 Å². The van der Waals surface area contributed by atoms with Gasteiger partial charge < -0.3 is 34.3 Å². The van der Waals surface area contributed by atoms with Crippen molar-refractivity contribution in [3.05, 3.63) is 29.1 Å². The third-order valence-corrected chi connectivity index (χ3v) is 8.82. The van der Waals surface area contributed by atoms with Crippen LogP contribution in [0.2, 0.25) is 0 Å². The minimum Gasteiger partial charge on any atom is -0.388 e. The summed E-state index contributed by atoms with van der Waals surface area (Å²) in [6, 6.07) is 1.44. The molecule has 1 aromatic heterocycles. The molecular formula is C28H42F3N3O6. The summed E-state index contributed by atoms with van der Waals surface area (Å²) < 4.78 is 60.2. The van der Waals surface area contributed by atoms with Crippen LogP contribution in [0.15, 0.2) is 12.3 Å². The van der Waals surface area contributed by atoms with E-state index in [4.69, 9.17) is 24.1 Å². The Morgan fingerprint density at radius 3 is 2.48 bits per heavy atom. The highest BCUT2D eigenvalue weighted by Gasteiger charge is 2.50. The summed E-state index contributed by atoms with van der Waals surface area (Å²) >= 11 is 0. The van der Waals surface area contributed by atoms with E-state index in [0.717, 1.165) is 25.1 Å². The fraction of sp³-hybridized carbons (Fsp3) is 0.786. The van der Waals surface area contributed by atoms with Crippen LogP contribution in [-0.2, 0) is 42.9 Å². The minimum absolute atomic E-state index is 0.00803. The number of methoxy groups -OCH3 is 2. The van der Waals surface area contributed by atoms with Crippen LogP contribution in [0, 0.1) is 11.3 Å². The first-order valence-electron chi connectivity index (χ1n) is 14.0. The van der Waals surface area contributed by atoms with E-state index >= 15 is 0 Å². The Hall–Kier alpha value is -1.83.